The lowest BCUT2D eigenvalue weighted by Crippen LogP contribution is -2.61. The first-order valence-electron chi connectivity index (χ1n) is 41.4. The van der Waals surface area contributed by atoms with Crippen LogP contribution >= 0.6 is 0 Å². The summed E-state index contributed by atoms with van der Waals surface area (Å²) in [6.45, 7) is 12.4. The standard InChI is InChI=1S/C92H68BN5O/c1-91(2,3)60-53-84-90-85(54-60)98(83-49-58(57-27-9-7-10-28-57)52-87-89(83)70-37-19-26-44-86(70)99-87)80-56-63(96-76-41-23-16-34-67(76)68-35-17-24-42-77(68)96)46-48-73(80)93(90)72-47-45-62(95-74-39-21-14-32-65(74)66-33-15-22-40-75(66)95)55-79(72)97(84)82-51-59(64-31-13-20-38-71(64)92(4,5)6)50-81-88(82)69-36-18-25-43-78(69)94(81)61-29-11-8-12-30-61/h7-56H,1-6H3/i14D,15D,16D,17D,21D,22D,23D,24D,32D,33D,34D,35D,39D,40D,41D,42D. The van der Waals surface area contributed by atoms with Crippen molar-refractivity contribution >= 4 is 145 Å². The first-order chi connectivity index (χ1) is 55.0. The molecule has 6 nitrogen and oxygen atoms in total. The molecule has 0 N–H and O–H groups in total. The maximum atomic E-state index is 9.87. The van der Waals surface area contributed by atoms with Crippen molar-refractivity contribution in [2.45, 2.75) is 52.4 Å². The minimum Gasteiger partial charge on any atom is -0.456 e. The third-order valence-corrected chi connectivity index (χ3v) is 20.3. The average molecular weight is 1290 g/mol. The fourth-order valence-corrected chi connectivity index (χ4v) is 16.0. The molecule has 14 aromatic carbocycles. The van der Waals surface area contributed by atoms with E-state index in [9.17, 15) is 16.4 Å². The Hall–Kier alpha value is -12.1. The van der Waals surface area contributed by atoms with Crippen LogP contribution in [0.15, 0.2) is 307 Å². The van der Waals surface area contributed by atoms with E-state index in [1.54, 1.807) is 9.13 Å². The molecule has 4 aromatic heterocycles. The van der Waals surface area contributed by atoms with Gasteiger partial charge in [-0.25, -0.2) is 0 Å². The number of rotatable bonds is 7. The van der Waals surface area contributed by atoms with Gasteiger partial charge in [0.2, 0.25) is 0 Å². The molecule has 18 aromatic rings. The van der Waals surface area contributed by atoms with Crippen molar-refractivity contribution in [3.05, 3.63) is 314 Å². The van der Waals surface area contributed by atoms with Crippen molar-refractivity contribution in [2.24, 2.45) is 0 Å². The van der Waals surface area contributed by atoms with Crippen LogP contribution in [0.5, 0.6) is 0 Å². The molecule has 2 aliphatic rings. The topological polar surface area (TPSA) is 34.4 Å². The number of aromatic nitrogens is 3. The number of anilines is 6. The Labute approximate surface area is 597 Å². The Kier molecular flexibility index (Phi) is 9.26. The van der Waals surface area contributed by atoms with Crippen LogP contribution in [-0.2, 0) is 10.8 Å². The molecular weight excluding hydrogens is 1200 g/mol. The van der Waals surface area contributed by atoms with Gasteiger partial charge in [0, 0.05) is 77.5 Å². The summed E-state index contributed by atoms with van der Waals surface area (Å²) < 4.78 is 163. The molecule has 470 valence electrons. The number of furan rings is 1. The Balaban J connectivity index is 1.00. The normalized spacial score (nSPS) is 15.4. The van der Waals surface area contributed by atoms with Crippen LogP contribution < -0.4 is 26.2 Å². The van der Waals surface area contributed by atoms with Crippen molar-refractivity contribution < 1.29 is 26.3 Å². The molecule has 0 amide bonds. The van der Waals surface area contributed by atoms with Gasteiger partial charge in [-0.15, -0.1) is 0 Å². The summed E-state index contributed by atoms with van der Waals surface area (Å²) in [6, 6.07) is 61.8. The molecule has 0 spiro atoms. The number of hydrogen-bond donors (Lipinski definition) is 0. The zero-order valence-corrected chi connectivity index (χ0v) is 54.9. The predicted octanol–water partition coefficient (Wildman–Crippen LogP) is 22.9. The lowest BCUT2D eigenvalue weighted by Gasteiger charge is -2.45. The van der Waals surface area contributed by atoms with Crippen LogP contribution in [0.25, 0.3) is 127 Å². The van der Waals surface area contributed by atoms with E-state index < -0.39 is 109 Å². The van der Waals surface area contributed by atoms with Crippen LogP contribution in [0, 0.1) is 0 Å². The van der Waals surface area contributed by atoms with E-state index in [1.807, 2.05) is 109 Å². The highest BCUT2D eigenvalue weighted by atomic mass is 16.3. The molecule has 99 heavy (non-hydrogen) atoms. The zero-order chi connectivity index (χ0) is 80.1. The summed E-state index contributed by atoms with van der Waals surface area (Å²) >= 11 is 0. The second-order valence-electron chi connectivity index (χ2n) is 28.0. The minimum atomic E-state index is -0.764. The van der Waals surface area contributed by atoms with Crippen molar-refractivity contribution in [1.82, 2.24) is 13.7 Å². The van der Waals surface area contributed by atoms with Crippen LogP contribution in [0.4, 0.5) is 34.1 Å². The molecule has 20 rings (SSSR count). The van der Waals surface area contributed by atoms with Gasteiger partial charge >= 0.3 is 0 Å². The molecule has 0 fully saturated rings. The number of hydrogen-bond acceptors (Lipinski definition) is 3. The SMILES string of the molecule is [2H]c1c([2H])c([2H])c2c(c1[2H])c1c([2H])c([2H])c([2H])c([2H])c1n2-c1ccc2c(c1)N(c1cc(-c3ccccc3)cc3oc4ccccc4c13)c1cc(C(C)(C)C)cc3c1B2c1ccc(-n2c4c([2H])c([2H])c([2H])c([2H])c4c4c([2H])c([2H])c([2H])c([2H])c42)cc1N3c1cc(-c2ccccc2C(C)(C)C)cc2c1c1ccccc1n2-c1ccccc1. The van der Waals surface area contributed by atoms with E-state index in [1.165, 1.54) is 0 Å². The van der Waals surface area contributed by atoms with E-state index in [4.69, 9.17) is 9.90 Å². The molecule has 7 heteroatoms. The number of benzene rings is 14. The molecule has 2 aliphatic heterocycles. The molecular formula is C92H68BN5O. The molecule has 0 atom stereocenters. The molecule has 0 aliphatic carbocycles. The van der Waals surface area contributed by atoms with Gasteiger partial charge in [0.15, 0.2) is 0 Å². The second kappa shape index (κ2) is 21.2. The summed E-state index contributed by atoms with van der Waals surface area (Å²) in [5.74, 6) is 0. The Morgan fingerprint density at radius 3 is 1.38 bits per heavy atom. The van der Waals surface area contributed by atoms with E-state index >= 15 is 0 Å². The van der Waals surface area contributed by atoms with Crippen LogP contribution in [0.1, 0.15) is 74.6 Å². The number of nitrogens with zero attached hydrogens (tertiary/aromatic N) is 5. The average Bonchev–Trinajstić information content (AvgIpc) is 1.55. The third-order valence-electron chi connectivity index (χ3n) is 20.3. The van der Waals surface area contributed by atoms with E-state index in [0.29, 0.717) is 39.6 Å². The smallest absolute Gasteiger partial charge is 0.252 e. The minimum absolute atomic E-state index is 0.0519. The summed E-state index contributed by atoms with van der Waals surface area (Å²) in [5.41, 5.74) is 15.3. The largest absolute Gasteiger partial charge is 0.456 e. The van der Waals surface area contributed by atoms with Gasteiger partial charge in [-0.05, 0) is 170 Å². The highest BCUT2D eigenvalue weighted by molar-refractivity contribution is 7.00. The van der Waals surface area contributed by atoms with Gasteiger partial charge in [-0.3, -0.25) is 0 Å². The van der Waals surface area contributed by atoms with Crippen LogP contribution in [-0.4, -0.2) is 20.4 Å². The first kappa shape index (κ1) is 43.2. The number of para-hydroxylation sites is 7. The van der Waals surface area contributed by atoms with Crippen molar-refractivity contribution in [1.29, 1.82) is 0 Å². The monoisotopic (exact) mass is 1290 g/mol. The molecule has 0 saturated carbocycles. The zero-order valence-electron chi connectivity index (χ0n) is 70.9. The van der Waals surface area contributed by atoms with Crippen LogP contribution in [0.2, 0.25) is 0 Å². The van der Waals surface area contributed by atoms with Crippen molar-refractivity contribution in [3.63, 3.8) is 0 Å². The summed E-state index contributed by atoms with van der Waals surface area (Å²) in [6.07, 6.45) is 0. The quantitative estimate of drug-likeness (QED) is 0.149. The van der Waals surface area contributed by atoms with E-state index in [0.717, 1.165) is 105 Å². The van der Waals surface area contributed by atoms with Gasteiger partial charge < -0.3 is 27.9 Å². The van der Waals surface area contributed by atoms with Gasteiger partial charge in [-0.2, -0.15) is 0 Å². The molecule has 0 unspecified atom stereocenters. The summed E-state index contributed by atoms with van der Waals surface area (Å²) in [7, 11) is 0. The summed E-state index contributed by atoms with van der Waals surface area (Å²) in [4.78, 5) is 4.59. The Morgan fingerprint density at radius 1 is 0.323 bits per heavy atom. The van der Waals surface area contributed by atoms with Crippen molar-refractivity contribution in [2.75, 3.05) is 9.80 Å². The van der Waals surface area contributed by atoms with Gasteiger partial charge in [-0.1, -0.05) is 235 Å². The van der Waals surface area contributed by atoms with Gasteiger partial charge in [0.1, 0.15) is 11.2 Å². The molecule has 0 bridgehead atoms. The van der Waals surface area contributed by atoms with E-state index in [2.05, 4.69) is 153 Å². The predicted molar refractivity (Wildman–Crippen MR) is 419 cm³/mol. The lowest BCUT2D eigenvalue weighted by atomic mass is 9.33. The van der Waals surface area contributed by atoms with Crippen molar-refractivity contribution in [3.8, 4) is 39.3 Å². The first-order valence-corrected chi connectivity index (χ1v) is 33.4. The lowest BCUT2D eigenvalue weighted by molar-refractivity contribution is 0.590. The van der Waals surface area contributed by atoms with E-state index in [-0.39, 0.29) is 49.0 Å². The maximum Gasteiger partial charge on any atom is 0.252 e. The summed E-state index contributed by atoms with van der Waals surface area (Å²) in [5, 5.41) is 3.08. The number of fused-ring (bicyclic) bond motifs is 16. The highest BCUT2D eigenvalue weighted by Crippen LogP contribution is 2.54. The maximum absolute atomic E-state index is 9.87. The Morgan fingerprint density at radius 2 is 0.808 bits per heavy atom. The van der Waals surface area contributed by atoms with Crippen LogP contribution in [0.3, 0.4) is 0 Å². The molecule has 0 radical (unpaired) electrons. The fourth-order valence-electron chi connectivity index (χ4n) is 16.0. The second-order valence-corrected chi connectivity index (χ2v) is 28.0. The van der Waals surface area contributed by atoms with Gasteiger partial charge in [0.05, 0.1) is 71.8 Å². The highest BCUT2D eigenvalue weighted by Gasteiger charge is 2.46. The molecule has 0 saturated heterocycles. The Bertz CT molecular complexity index is 7270. The third kappa shape index (κ3) is 8.50. The van der Waals surface area contributed by atoms with Gasteiger partial charge in [0.25, 0.3) is 6.71 Å². The molecule has 6 heterocycles. The fraction of sp³-hybridized carbons (Fsp3) is 0.0870.